The number of anilines is 1. The maximum atomic E-state index is 14.0. The van der Waals surface area contributed by atoms with Gasteiger partial charge in [0.05, 0.1) is 27.3 Å². The number of likely N-dealkylation sites (tertiary alicyclic amines) is 1. The standard InChI is InChI=1S/C28H31BrClN3O4S/c29-18-15-28-22(21(23(18)38-28)25(35)31-16-17-9-3-1-4-10-17)27(37)33(13-7-2-8-14-34)24(28)26(36)32-20-12-6-5-11-19(20)30/h1,3-6,9-12,18,21-24,34H,2,7-8,13-16H2,(H,31,35)(H,32,36)/t18?,21-,22+,23-,24?,28?/m1/s1. The monoisotopic (exact) mass is 619 g/mol. The lowest BCUT2D eigenvalue weighted by Gasteiger charge is -2.35. The summed E-state index contributed by atoms with van der Waals surface area (Å²) in [7, 11) is 0. The van der Waals surface area contributed by atoms with Crippen molar-refractivity contribution in [2.24, 2.45) is 11.8 Å². The Morgan fingerprint density at radius 3 is 2.55 bits per heavy atom. The predicted octanol–water partition coefficient (Wildman–Crippen LogP) is 4.22. The van der Waals surface area contributed by atoms with Gasteiger partial charge in [-0.25, -0.2) is 0 Å². The van der Waals surface area contributed by atoms with Crippen LogP contribution in [0.4, 0.5) is 5.69 Å². The SMILES string of the molecule is O=C(Nc1ccccc1Cl)C1N(CCCCCO)C(=O)[C@@H]2[C@@H](C(=O)NCc3ccccc3)[C@@H]3SC12CC3Br. The zero-order valence-corrected chi connectivity index (χ0v) is 24.0. The molecule has 38 heavy (non-hydrogen) atoms. The molecule has 3 unspecified atom stereocenters. The summed E-state index contributed by atoms with van der Waals surface area (Å²) in [5.74, 6) is -1.69. The van der Waals surface area contributed by atoms with Gasteiger partial charge in [0.15, 0.2) is 0 Å². The molecule has 3 saturated heterocycles. The van der Waals surface area contributed by atoms with E-state index in [1.165, 1.54) is 0 Å². The van der Waals surface area contributed by atoms with Gasteiger partial charge in [-0.15, -0.1) is 11.8 Å². The lowest BCUT2D eigenvalue weighted by molar-refractivity contribution is -0.139. The van der Waals surface area contributed by atoms with Crippen molar-refractivity contribution in [3.8, 4) is 0 Å². The minimum atomic E-state index is -0.729. The Bertz CT molecular complexity index is 1200. The fourth-order valence-electron chi connectivity index (χ4n) is 6.21. The number of nitrogens with zero attached hydrogens (tertiary/aromatic N) is 1. The molecule has 2 aromatic carbocycles. The number of fused-ring (bicyclic) bond motifs is 1. The third-order valence-corrected chi connectivity index (χ3v) is 11.4. The van der Waals surface area contributed by atoms with E-state index in [9.17, 15) is 19.5 Å². The van der Waals surface area contributed by atoms with Gasteiger partial charge in [-0.1, -0.05) is 70.0 Å². The Morgan fingerprint density at radius 2 is 1.82 bits per heavy atom. The van der Waals surface area contributed by atoms with Crippen LogP contribution in [0, 0.1) is 11.8 Å². The summed E-state index contributed by atoms with van der Waals surface area (Å²) in [5, 5.41) is 15.5. The lowest BCUT2D eigenvalue weighted by atomic mass is 9.70. The molecule has 10 heteroatoms. The van der Waals surface area contributed by atoms with Crippen molar-refractivity contribution < 1.29 is 19.5 Å². The number of halogens is 2. The minimum Gasteiger partial charge on any atom is -0.396 e. The van der Waals surface area contributed by atoms with Crippen LogP contribution in [-0.2, 0) is 20.9 Å². The molecule has 6 atom stereocenters. The first kappa shape index (κ1) is 27.5. The Hall–Kier alpha value is -2.07. The van der Waals surface area contributed by atoms with E-state index in [1.807, 2.05) is 30.3 Å². The molecule has 0 saturated carbocycles. The fourth-order valence-corrected chi connectivity index (χ4v) is 10.0. The summed E-state index contributed by atoms with van der Waals surface area (Å²) in [4.78, 5) is 43.2. The summed E-state index contributed by atoms with van der Waals surface area (Å²) in [6, 6.07) is 16.0. The molecule has 0 aliphatic carbocycles. The summed E-state index contributed by atoms with van der Waals surface area (Å²) in [5.41, 5.74) is 1.49. The molecule has 5 rings (SSSR count). The third-order valence-electron chi connectivity index (χ3n) is 7.84. The topological polar surface area (TPSA) is 98.7 Å². The second-order valence-electron chi connectivity index (χ2n) is 10.2. The highest BCUT2D eigenvalue weighted by atomic mass is 79.9. The summed E-state index contributed by atoms with van der Waals surface area (Å²) < 4.78 is -0.715. The summed E-state index contributed by atoms with van der Waals surface area (Å²) in [6.45, 7) is 0.868. The van der Waals surface area contributed by atoms with Crippen LogP contribution >= 0.6 is 39.3 Å². The first-order chi connectivity index (χ1) is 18.4. The van der Waals surface area contributed by atoms with Crippen molar-refractivity contribution in [1.29, 1.82) is 0 Å². The number of unbranched alkanes of at least 4 members (excludes halogenated alkanes) is 2. The number of para-hydroxylation sites is 1. The van der Waals surface area contributed by atoms with Crippen molar-refractivity contribution in [2.45, 2.75) is 53.1 Å². The molecule has 2 aromatic rings. The molecule has 3 amide bonds. The average Bonchev–Trinajstić information content (AvgIpc) is 3.50. The quantitative estimate of drug-likeness (QED) is 0.273. The van der Waals surface area contributed by atoms with Crippen LogP contribution in [0.2, 0.25) is 5.02 Å². The van der Waals surface area contributed by atoms with E-state index in [4.69, 9.17) is 11.6 Å². The van der Waals surface area contributed by atoms with Crippen molar-refractivity contribution in [1.82, 2.24) is 10.2 Å². The maximum absolute atomic E-state index is 14.0. The van der Waals surface area contributed by atoms with E-state index in [2.05, 4.69) is 26.6 Å². The maximum Gasteiger partial charge on any atom is 0.248 e. The van der Waals surface area contributed by atoms with Crippen LogP contribution in [0.25, 0.3) is 0 Å². The number of hydrogen-bond donors (Lipinski definition) is 3. The number of alkyl halides is 1. The largest absolute Gasteiger partial charge is 0.396 e. The molecule has 3 N–H and O–H groups in total. The van der Waals surface area contributed by atoms with E-state index >= 15 is 0 Å². The van der Waals surface area contributed by atoms with E-state index in [1.54, 1.807) is 40.9 Å². The van der Waals surface area contributed by atoms with Crippen LogP contribution in [0.1, 0.15) is 31.2 Å². The molecule has 3 aliphatic rings. The highest BCUT2D eigenvalue weighted by Crippen LogP contribution is 2.67. The lowest BCUT2D eigenvalue weighted by Crippen LogP contribution is -2.53. The zero-order valence-electron chi connectivity index (χ0n) is 20.8. The first-order valence-corrected chi connectivity index (χ1v) is 15.1. The average molecular weight is 621 g/mol. The first-order valence-electron chi connectivity index (χ1n) is 13.0. The number of amides is 3. The van der Waals surface area contributed by atoms with Gasteiger partial charge >= 0.3 is 0 Å². The fraction of sp³-hybridized carbons (Fsp3) is 0.464. The molecule has 3 aliphatic heterocycles. The van der Waals surface area contributed by atoms with Gasteiger partial charge in [-0.3, -0.25) is 14.4 Å². The number of benzene rings is 2. The number of aliphatic hydroxyl groups excluding tert-OH is 1. The van der Waals surface area contributed by atoms with Gasteiger partial charge in [0, 0.05) is 29.8 Å². The molecular formula is C28H31BrClN3O4S. The van der Waals surface area contributed by atoms with Gasteiger partial charge in [0.2, 0.25) is 17.7 Å². The Kier molecular flexibility index (Phi) is 8.38. The smallest absolute Gasteiger partial charge is 0.248 e. The molecule has 0 aromatic heterocycles. The van der Waals surface area contributed by atoms with Gasteiger partial charge < -0.3 is 20.6 Å². The van der Waals surface area contributed by atoms with Gasteiger partial charge in [0.25, 0.3) is 0 Å². The van der Waals surface area contributed by atoms with Crippen molar-refractivity contribution in [3.63, 3.8) is 0 Å². The highest BCUT2D eigenvalue weighted by Gasteiger charge is 2.75. The van der Waals surface area contributed by atoms with E-state index in [0.717, 1.165) is 12.0 Å². The number of rotatable bonds is 10. The molecule has 202 valence electrons. The van der Waals surface area contributed by atoms with Crippen molar-refractivity contribution >= 4 is 62.7 Å². The molecule has 0 radical (unpaired) electrons. The Labute approximate surface area is 240 Å². The van der Waals surface area contributed by atoms with Gasteiger partial charge in [-0.05, 0) is 43.4 Å². The van der Waals surface area contributed by atoms with Gasteiger partial charge in [0.1, 0.15) is 6.04 Å². The number of aliphatic hydroxyl groups is 1. The van der Waals surface area contributed by atoms with Crippen LogP contribution in [0.3, 0.4) is 0 Å². The normalized spacial score (nSPS) is 29.4. The highest BCUT2D eigenvalue weighted by molar-refractivity contribution is 9.09. The number of carbonyl (C=O) groups excluding carboxylic acids is 3. The summed E-state index contributed by atoms with van der Waals surface area (Å²) in [6.07, 6.45) is 2.67. The van der Waals surface area contributed by atoms with Gasteiger partial charge in [-0.2, -0.15) is 0 Å². The van der Waals surface area contributed by atoms with Crippen molar-refractivity contribution in [3.05, 3.63) is 65.2 Å². The predicted molar refractivity (Wildman–Crippen MR) is 153 cm³/mol. The van der Waals surface area contributed by atoms with Crippen LogP contribution in [0.5, 0.6) is 0 Å². The van der Waals surface area contributed by atoms with E-state index < -0.39 is 22.6 Å². The molecule has 3 fully saturated rings. The summed E-state index contributed by atoms with van der Waals surface area (Å²) >= 11 is 11.7. The van der Waals surface area contributed by atoms with Crippen LogP contribution < -0.4 is 10.6 Å². The molecular weight excluding hydrogens is 590 g/mol. The van der Waals surface area contributed by atoms with Crippen LogP contribution in [-0.4, -0.2) is 61.7 Å². The molecule has 3 heterocycles. The molecule has 7 nitrogen and oxygen atoms in total. The Morgan fingerprint density at radius 1 is 1.08 bits per heavy atom. The number of hydrogen-bond acceptors (Lipinski definition) is 5. The van der Waals surface area contributed by atoms with E-state index in [-0.39, 0.29) is 34.4 Å². The zero-order chi connectivity index (χ0) is 26.9. The third kappa shape index (κ3) is 4.98. The second kappa shape index (κ2) is 11.6. The van der Waals surface area contributed by atoms with E-state index in [0.29, 0.717) is 43.1 Å². The Balaban J connectivity index is 1.43. The van der Waals surface area contributed by atoms with Crippen molar-refractivity contribution in [2.75, 3.05) is 18.5 Å². The number of carbonyl (C=O) groups is 3. The number of thioether (sulfide) groups is 1. The number of nitrogens with one attached hydrogen (secondary N) is 2. The second-order valence-corrected chi connectivity index (χ2v) is 13.3. The van der Waals surface area contributed by atoms with Crippen LogP contribution in [0.15, 0.2) is 54.6 Å². The molecule has 1 spiro atoms. The molecule has 2 bridgehead atoms. The minimum absolute atomic E-state index is 0.00831.